The van der Waals surface area contributed by atoms with E-state index in [4.69, 9.17) is 16.3 Å². The maximum Gasteiger partial charge on any atom is 0.322 e. The minimum absolute atomic E-state index is 0.0956. The fraction of sp³-hybridized carbons (Fsp3) is 0.222. The van der Waals surface area contributed by atoms with Crippen LogP contribution in [-0.4, -0.2) is 42.4 Å². The Kier molecular flexibility index (Phi) is 7.36. The maximum absolute atomic E-state index is 13.4. The van der Waals surface area contributed by atoms with Crippen LogP contribution in [-0.2, 0) is 16.0 Å². The normalized spacial score (nSPS) is 15.3. The van der Waals surface area contributed by atoms with Crippen molar-refractivity contribution in [1.29, 1.82) is 0 Å². The zero-order valence-electron chi connectivity index (χ0n) is 19.5. The van der Waals surface area contributed by atoms with Crippen molar-refractivity contribution >= 4 is 40.8 Å². The molecule has 35 heavy (non-hydrogen) atoms. The van der Waals surface area contributed by atoms with Gasteiger partial charge in [0.05, 0.1) is 19.2 Å². The SMILES string of the molecule is COc1ccccc1CCN(C(=O)Nc1cccc(Cl)c1)C1CC(=O)N(c2ccc(C)cc2)C1=O. The van der Waals surface area contributed by atoms with Crippen molar-refractivity contribution in [2.45, 2.75) is 25.8 Å². The second kappa shape index (κ2) is 10.6. The molecule has 180 valence electrons. The number of rotatable bonds is 7. The number of ether oxygens (including phenoxy) is 1. The Labute approximate surface area is 209 Å². The van der Waals surface area contributed by atoms with Gasteiger partial charge in [-0.25, -0.2) is 9.69 Å². The average molecular weight is 492 g/mol. The monoisotopic (exact) mass is 491 g/mol. The van der Waals surface area contributed by atoms with E-state index in [-0.39, 0.29) is 18.9 Å². The number of carbonyl (C=O) groups excluding carboxylic acids is 3. The maximum atomic E-state index is 13.4. The Morgan fingerprint density at radius 3 is 2.54 bits per heavy atom. The number of imide groups is 1. The molecule has 0 saturated carbocycles. The zero-order chi connectivity index (χ0) is 24.9. The van der Waals surface area contributed by atoms with Gasteiger partial charge in [0.2, 0.25) is 5.91 Å². The van der Waals surface area contributed by atoms with Crippen molar-refractivity contribution in [3.05, 3.63) is 88.9 Å². The summed E-state index contributed by atoms with van der Waals surface area (Å²) in [6.45, 7) is 2.14. The largest absolute Gasteiger partial charge is 0.496 e. The van der Waals surface area contributed by atoms with Gasteiger partial charge < -0.3 is 15.0 Å². The number of nitrogens with one attached hydrogen (secondary N) is 1. The summed E-state index contributed by atoms with van der Waals surface area (Å²) >= 11 is 6.07. The van der Waals surface area contributed by atoms with E-state index in [2.05, 4.69) is 5.32 Å². The number of carbonyl (C=O) groups is 3. The lowest BCUT2D eigenvalue weighted by Gasteiger charge is -2.28. The number of hydrogen-bond donors (Lipinski definition) is 1. The first-order valence-corrected chi connectivity index (χ1v) is 11.6. The quantitative estimate of drug-likeness (QED) is 0.468. The van der Waals surface area contributed by atoms with E-state index in [0.29, 0.717) is 28.6 Å². The van der Waals surface area contributed by atoms with Crippen LogP contribution < -0.4 is 15.0 Å². The summed E-state index contributed by atoms with van der Waals surface area (Å²) in [5.74, 6) is -0.0837. The lowest BCUT2D eigenvalue weighted by molar-refractivity contribution is -0.122. The van der Waals surface area contributed by atoms with Crippen LogP contribution in [0.1, 0.15) is 17.5 Å². The molecule has 1 unspecified atom stereocenters. The van der Waals surface area contributed by atoms with Gasteiger partial charge in [-0.2, -0.15) is 0 Å². The van der Waals surface area contributed by atoms with Crippen LogP contribution in [0.25, 0.3) is 0 Å². The summed E-state index contributed by atoms with van der Waals surface area (Å²) in [5.41, 5.74) is 2.90. The molecule has 0 spiro atoms. The van der Waals surface area contributed by atoms with Gasteiger partial charge in [-0.1, -0.05) is 53.6 Å². The third-order valence-electron chi connectivity index (χ3n) is 5.94. The van der Waals surface area contributed by atoms with Crippen LogP contribution in [0.5, 0.6) is 5.75 Å². The van der Waals surface area contributed by atoms with E-state index in [1.54, 1.807) is 43.5 Å². The van der Waals surface area contributed by atoms with E-state index in [1.807, 2.05) is 43.3 Å². The average Bonchev–Trinajstić information content (AvgIpc) is 3.13. The molecule has 8 heteroatoms. The van der Waals surface area contributed by atoms with Crippen molar-refractivity contribution in [2.75, 3.05) is 23.9 Å². The number of anilines is 2. The van der Waals surface area contributed by atoms with Crippen molar-refractivity contribution in [3.63, 3.8) is 0 Å². The third-order valence-corrected chi connectivity index (χ3v) is 6.18. The summed E-state index contributed by atoms with van der Waals surface area (Å²) in [7, 11) is 1.58. The number of aryl methyl sites for hydroxylation is 1. The summed E-state index contributed by atoms with van der Waals surface area (Å²) in [5, 5.41) is 3.28. The van der Waals surface area contributed by atoms with Crippen molar-refractivity contribution in [3.8, 4) is 5.75 Å². The molecule has 1 aliphatic heterocycles. The Balaban J connectivity index is 1.61. The fourth-order valence-electron chi connectivity index (χ4n) is 4.14. The summed E-state index contributed by atoms with van der Waals surface area (Å²) < 4.78 is 5.43. The standard InChI is InChI=1S/C27H26ClN3O4/c1-18-10-12-22(13-11-18)31-25(32)17-23(26(31)33)30(15-14-19-6-3-4-9-24(19)35-2)27(34)29-21-8-5-7-20(28)16-21/h3-13,16,23H,14-15,17H2,1-2H3,(H,29,34). The first-order chi connectivity index (χ1) is 16.9. The first kappa shape index (κ1) is 24.3. The minimum atomic E-state index is -0.933. The molecule has 3 aromatic carbocycles. The highest BCUT2D eigenvalue weighted by Gasteiger charge is 2.44. The van der Waals surface area contributed by atoms with Crippen molar-refractivity contribution in [1.82, 2.24) is 4.90 Å². The topological polar surface area (TPSA) is 79.0 Å². The molecule has 1 saturated heterocycles. The highest BCUT2D eigenvalue weighted by Crippen LogP contribution is 2.28. The third kappa shape index (κ3) is 5.46. The van der Waals surface area contributed by atoms with Gasteiger partial charge in [-0.15, -0.1) is 0 Å². The van der Waals surface area contributed by atoms with Crippen molar-refractivity contribution < 1.29 is 19.1 Å². The smallest absolute Gasteiger partial charge is 0.322 e. The Bertz CT molecular complexity index is 1250. The van der Waals surface area contributed by atoms with E-state index in [9.17, 15) is 14.4 Å². The number of nitrogens with zero attached hydrogens (tertiary/aromatic N) is 2. The summed E-state index contributed by atoms with van der Waals surface area (Å²) in [6.07, 6.45) is 0.344. The number of para-hydroxylation sites is 1. The van der Waals surface area contributed by atoms with Crippen LogP contribution in [0.4, 0.5) is 16.2 Å². The number of benzene rings is 3. The number of methoxy groups -OCH3 is 1. The molecule has 1 aliphatic rings. The molecule has 0 aromatic heterocycles. The summed E-state index contributed by atoms with van der Waals surface area (Å²) in [6, 6.07) is 20.0. The highest BCUT2D eigenvalue weighted by atomic mass is 35.5. The molecule has 1 N–H and O–H groups in total. The molecule has 1 atom stereocenters. The second-order valence-corrected chi connectivity index (χ2v) is 8.76. The molecular weight excluding hydrogens is 466 g/mol. The molecule has 1 heterocycles. The molecule has 0 bridgehead atoms. The molecule has 3 aromatic rings. The first-order valence-electron chi connectivity index (χ1n) is 11.3. The van der Waals surface area contributed by atoms with Gasteiger partial charge >= 0.3 is 6.03 Å². The zero-order valence-corrected chi connectivity index (χ0v) is 20.3. The number of hydrogen-bond acceptors (Lipinski definition) is 4. The van der Waals surface area contributed by atoms with Gasteiger partial charge in [-0.05, 0) is 55.3 Å². The van der Waals surface area contributed by atoms with E-state index < -0.39 is 18.0 Å². The van der Waals surface area contributed by atoms with Crippen LogP contribution in [0.2, 0.25) is 5.02 Å². The molecule has 0 radical (unpaired) electrons. The van der Waals surface area contributed by atoms with Gasteiger partial charge in [0, 0.05) is 17.3 Å². The molecule has 0 aliphatic carbocycles. The second-order valence-electron chi connectivity index (χ2n) is 8.32. The predicted octanol–water partition coefficient (Wildman–Crippen LogP) is 5.07. The van der Waals surface area contributed by atoms with E-state index in [1.165, 1.54) is 4.90 Å². The molecule has 4 rings (SSSR count). The van der Waals surface area contributed by atoms with Crippen LogP contribution >= 0.6 is 11.6 Å². The minimum Gasteiger partial charge on any atom is -0.496 e. The van der Waals surface area contributed by atoms with Gasteiger partial charge in [-0.3, -0.25) is 9.59 Å². The van der Waals surface area contributed by atoms with Crippen molar-refractivity contribution in [2.24, 2.45) is 0 Å². The predicted molar refractivity (Wildman–Crippen MR) is 136 cm³/mol. The molecule has 4 amide bonds. The highest BCUT2D eigenvalue weighted by molar-refractivity contribution is 6.31. The lowest BCUT2D eigenvalue weighted by Crippen LogP contribution is -2.48. The number of halogens is 1. The molecular formula is C27H26ClN3O4. The van der Waals surface area contributed by atoms with Gasteiger partial charge in [0.1, 0.15) is 11.8 Å². The molecule has 1 fully saturated rings. The van der Waals surface area contributed by atoms with Crippen LogP contribution in [0.3, 0.4) is 0 Å². The Morgan fingerprint density at radius 1 is 1.09 bits per heavy atom. The van der Waals surface area contributed by atoms with Gasteiger partial charge in [0.25, 0.3) is 5.91 Å². The van der Waals surface area contributed by atoms with Gasteiger partial charge in [0.15, 0.2) is 0 Å². The van der Waals surface area contributed by atoms with Crippen LogP contribution in [0, 0.1) is 6.92 Å². The summed E-state index contributed by atoms with van der Waals surface area (Å²) in [4.78, 5) is 42.3. The fourth-order valence-corrected chi connectivity index (χ4v) is 4.33. The van der Waals surface area contributed by atoms with Crippen LogP contribution in [0.15, 0.2) is 72.8 Å². The van der Waals surface area contributed by atoms with E-state index >= 15 is 0 Å². The Hall–Kier alpha value is -3.84. The number of amides is 4. The Morgan fingerprint density at radius 2 is 1.83 bits per heavy atom. The molecule has 7 nitrogen and oxygen atoms in total. The lowest BCUT2D eigenvalue weighted by atomic mass is 10.1. The number of urea groups is 1. The van der Waals surface area contributed by atoms with E-state index in [0.717, 1.165) is 16.0 Å².